The largest absolute Gasteiger partial charge is 0.491 e. The van der Waals surface area contributed by atoms with Crippen molar-refractivity contribution < 1.29 is 14.3 Å². The molecule has 142 valence electrons. The minimum absolute atomic E-state index is 0.0680. The first-order chi connectivity index (χ1) is 13.1. The number of nitrogens with one attached hydrogen (secondary N) is 1. The Morgan fingerprint density at radius 1 is 1.26 bits per heavy atom. The van der Waals surface area contributed by atoms with Crippen LogP contribution in [0.5, 0.6) is 5.75 Å². The lowest BCUT2D eigenvalue weighted by molar-refractivity contribution is -0.116. The molecule has 8 heteroatoms. The maximum absolute atomic E-state index is 12.4. The number of carbonyl (C=O) groups is 1. The van der Waals surface area contributed by atoms with Crippen LogP contribution >= 0.6 is 0 Å². The number of methoxy groups -OCH3 is 1. The number of aromatic nitrogens is 4. The summed E-state index contributed by atoms with van der Waals surface area (Å²) in [6.45, 7) is 4.86. The topological polar surface area (TPSA) is 90.6 Å². The highest BCUT2D eigenvalue weighted by Gasteiger charge is 2.13. The van der Waals surface area contributed by atoms with E-state index in [4.69, 9.17) is 9.47 Å². The zero-order chi connectivity index (χ0) is 19.2. The zero-order valence-electron chi connectivity index (χ0n) is 15.7. The SMILES string of the molecule is COCCOc1cccc(NC(=O)CCc2c(C)nc3ncnn3c2C)c1. The van der Waals surface area contributed by atoms with Crippen LogP contribution in [0, 0.1) is 13.8 Å². The predicted octanol–water partition coefficient (Wildman–Crippen LogP) is 2.34. The maximum atomic E-state index is 12.4. The molecule has 0 aliphatic carbocycles. The molecular formula is C19H23N5O3. The first-order valence-corrected chi connectivity index (χ1v) is 8.76. The molecule has 27 heavy (non-hydrogen) atoms. The fourth-order valence-electron chi connectivity index (χ4n) is 2.89. The van der Waals surface area contributed by atoms with Gasteiger partial charge >= 0.3 is 0 Å². The predicted molar refractivity (Wildman–Crippen MR) is 101 cm³/mol. The van der Waals surface area contributed by atoms with Crippen molar-refractivity contribution in [2.45, 2.75) is 26.7 Å². The molecule has 2 aromatic heterocycles. The summed E-state index contributed by atoms with van der Waals surface area (Å²) in [6, 6.07) is 7.32. The molecule has 0 bridgehead atoms. The first-order valence-electron chi connectivity index (χ1n) is 8.76. The minimum Gasteiger partial charge on any atom is -0.491 e. The standard InChI is InChI=1S/C19H23N5O3/c1-13-17(14(2)24-19(22-13)20-12-21-24)7-8-18(25)23-15-5-4-6-16(11-15)27-10-9-26-3/h4-6,11-12H,7-10H2,1-3H3,(H,23,25). The third-order valence-corrected chi connectivity index (χ3v) is 4.26. The third kappa shape index (κ3) is 4.59. The van der Waals surface area contributed by atoms with Gasteiger partial charge in [0.2, 0.25) is 5.91 Å². The van der Waals surface area contributed by atoms with E-state index in [-0.39, 0.29) is 5.91 Å². The molecule has 0 spiro atoms. The van der Waals surface area contributed by atoms with Gasteiger partial charge < -0.3 is 14.8 Å². The van der Waals surface area contributed by atoms with Gasteiger partial charge in [-0.25, -0.2) is 9.50 Å². The van der Waals surface area contributed by atoms with Gasteiger partial charge in [-0.3, -0.25) is 4.79 Å². The average molecular weight is 369 g/mol. The lowest BCUT2D eigenvalue weighted by atomic mass is 10.1. The molecule has 0 saturated heterocycles. The average Bonchev–Trinajstić information content (AvgIpc) is 3.10. The van der Waals surface area contributed by atoms with Gasteiger partial charge in [0, 0.05) is 36.7 Å². The molecule has 0 aliphatic heterocycles. The Bertz CT molecular complexity index is 938. The molecule has 0 atom stereocenters. The quantitative estimate of drug-likeness (QED) is 0.613. The Kier molecular flexibility index (Phi) is 5.97. The van der Waals surface area contributed by atoms with Crippen molar-refractivity contribution in [1.29, 1.82) is 0 Å². The van der Waals surface area contributed by atoms with E-state index in [1.807, 2.05) is 32.0 Å². The molecule has 1 aromatic carbocycles. The third-order valence-electron chi connectivity index (χ3n) is 4.26. The summed E-state index contributed by atoms with van der Waals surface area (Å²) < 4.78 is 12.2. The van der Waals surface area contributed by atoms with Crippen molar-refractivity contribution in [3.05, 3.63) is 47.5 Å². The van der Waals surface area contributed by atoms with Crippen molar-refractivity contribution in [3.8, 4) is 5.75 Å². The molecule has 8 nitrogen and oxygen atoms in total. The Morgan fingerprint density at radius 2 is 2.11 bits per heavy atom. The van der Waals surface area contributed by atoms with E-state index in [1.165, 1.54) is 6.33 Å². The van der Waals surface area contributed by atoms with Crippen LogP contribution in [0.2, 0.25) is 0 Å². The lowest BCUT2D eigenvalue weighted by Crippen LogP contribution is -2.14. The molecule has 3 aromatic rings. The molecule has 2 heterocycles. The fraction of sp³-hybridized carbons (Fsp3) is 0.368. The number of carbonyl (C=O) groups excluding carboxylic acids is 1. The van der Waals surface area contributed by atoms with Gasteiger partial charge in [-0.1, -0.05) is 6.07 Å². The Hall–Kier alpha value is -3.00. The number of hydrogen-bond donors (Lipinski definition) is 1. The lowest BCUT2D eigenvalue weighted by Gasteiger charge is -2.11. The first kappa shape index (κ1) is 18.8. The number of benzene rings is 1. The number of nitrogens with zero attached hydrogens (tertiary/aromatic N) is 4. The molecule has 3 rings (SSSR count). The zero-order valence-corrected chi connectivity index (χ0v) is 15.7. The molecule has 0 fully saturated rings. The summed E-state index contributed by atoms with van der Waals surface area (Å²) in [5.74, 6) is 1.20. The smallest absolute Gasteiger partial charge is 0.252 e. The number of aryl methyl sites for hydroxylation is 2. The van der Waals surface area contributed by atoms with Crippen molar-refractivity contribution in [2.24, 2.45) is 0 Å². The number of hydrogen-bond acceptors (Lipinski definition) is 6. The van der Waals surface area contributed by atoms with Crippen molar-refractivity contribution in [1.82, 2.24) is 19.6 Å². The molecular weight excluding hydrogens is 346 g/mol. The van der Waals surface area contributed by atoms with Gasteiger partial charge in [0.05, 0.1) is 6.61 Å². The van der Waals surface area contributed by atoms with Crippen LogP contribution in [0.4, 0.5) is 5.69 Å². The van der Waals surface area contributed by atoms with Gasteiger partial charge in [0.1, 0.15) is 18.7 Å². The summed E-state index contributed by atoms with van der Waals surface area (Å²) in [7, 11) is 1.62. The summed E-state index contributed by atoms with van der Waals surface area (Å²) in [5, 5.41) is 7.08. The molecule has 0 unspecified atom stereocenters. The van der Waals surface area contributed by atoms with Gasteiger partial charge in [0.15, 0.2) is 0 Å². The van der Waals surface area contributed by atoms with Crippen LogP contribution in [0.1, 0.15) is 23.4 Å². The van der Waals surface area contributed by atoms with Crippen LogP contribution in [0.25, 0.3) is 5.78 Å². The molecule has 0 radical (unpaired) electrons. The van der Waals surface area contributed by atoms with E-state index < -0.39 is 0 Å². The number of amides is 1. The van der Waals surface area contributed by atoms with Gasteiger partial charge in [-0.15, -0.1) is 0 Å². The second kappa shape index (κ2) is 8.59. The monoisotopic (exact) mass is 369 g/mol. The molecule has 0 aliphatic rings. The van der Waals surface area contributed by atoms with Crippen LogP contribution in [0.3, 0.4) is 0 Å². The van der Waals surface area contributed by atoms with Crippen LogP contribution < -0.4 is 10.1 Å². The van der Waals surface area contributed by atoms with E-state index in [0.717, 1.165) is 17.0 Å². The normalized spacial score (nSPS) is 10.9. The summed E-state index contributed by atoms with van der Waals surface area (Å²) in [6.07, 6.45) is 2.40. The van der Waals surface area contributed by atoms with Crippen LogP contribution in [-0.4, -0.2) is 45.8 Å². The van der Waals surface area contributed by atoms with E-state index in [9.17, 15) is 4.79 Å². The summed E-state index contributed by atoms with van der Waals surface area (Å²) in [4.78, 5) is 20.9. The second-order valence-corrected chi connectivity index (χ2v) is 6.15. The van der Waals surface area contributed by atoms with Crippen molar-refractivity contribution >= 4 is 17.4 Å². The van der Waals surface area contributed by atoms with Gasteiger partial charge in [0.25, 0.3) is 5.78 Å². The minimum atomic E-state index is -0.0680. The van der Waals surface area contributed by atoms with E-state index in [2.05, 4.69) is 20.4 Å². The van der Waals surface area contributed by atoms with Crippen LogP contribution in [-0.2, 0) is 16.0 Å². The number of ether oxygens (including phenoxy) is 2. The Balaban J connectivity index is 1.61. The van der Waals surface area contributed by atoms with E-state index in [1.54, 1.807) is 17.7 Å². The fourth-order valence-corrected chi connectivity index (χ4v) is 2.89. The summed E-state index contributed by atoms with van der Waals surface area (Å²) in [5.41, 5.74) is 3.54. The van der Waals surface area contributed by atoms with Crippen LogP contribution in [0.15, 0.2) is 30.6 Å². The van der Waals surface area contributed by atoms with Crippen molar-refractivity contribution in [2.75, 3.05) is 25.6 Å². The highest BCUT2D eigenvalue weighted by atomic mass is 16.5. The van der Waals surface area contributed by atoms with Gasteiger partial charge in [-0.05, 0) is 38.0 Å². The number of fused-ring (bicyclic) bond motifs is 1. The van der Waals surface area contributed by atoms with Gasteiger partial charge in [-0.2, -0.15) is 10.1 Å². The highest BCUT2D eigenvalue weighted by Crippen LogP contribution is 2.19. The molecule has 0 saturated carbocycles. The summed E-state index contributed by atoms with van der Waals surface area (Å²) >= 11 is 0. The van der Waals surface area contributed by atoms with E-state index in [0.29, 0.717) is 43.3 Å². The number of anilines is 1. The Morgan fingerprint density at radius 3 is 2.93 bits per heavy atom. The highest BCUT2D eigenvalue weighted by molar-refractivity contribution is 5.91. The van der Waals surface area contributed by atoms with E-state index >= 15 is 0 Å². The van der Waals surface area contributed by atoms with Crippen molar-refractivity contribution in [3.63, 3.8) is 0 Å². The Labute approximate surface area is 157 Å². The molecule has 1 amide bonds. The number of rotatable bonds is 8. The maximum Gasteiger partial charge on any atom is 0.252 e. The second-order valence-electron chi connectivity index (χ2n) is 6.15. The molecule has 1 N–H and O–H groups in total.